The van der Waals surface area contributed by atoms with Gasteiger partial charge in [0.05, 0.1) is 6.10 Å². The van der Waals surface area contributed by atoms with Gasteiger partial charge in [0.2, 0.25) is 0 Å². The van der Waals surface area contributed by atoms with Crippen LogP contribution in [0.5, 0.6) is 0 Å². The van der Waals surface area contributed by atoms with Crippen LogP contribution in [0.1, 0.15) is 38.5 Å². The standard InChI is InChI=1S/C12H23N3O2/c13-11(15-16)8-12(4-5-12)9-14-6-3-10-2-1-7-17-10/h10,14,16H,1-9H2,(H2,13,15). The molecule has 0 amide bonds. The summed E-state index contributed by atoms with van der Waals surface area (Å²) in [5.74, 6) is 0.350. The first kappa shape index (κ1) is 12.6. The largest absolute Gasteiger partial charge is 0.409 e. The summed E-state index contributed by atoms with van der Waals surface area (Å²) in [4.78, 5) is 0. The van der Waals surface area contributed by atoms with Crippen LogP contribution in [0.3, 0.4) is 0 Å². The molecule has 17 heavy (non-hydrogen) atoms. The van der Waals surface area contributed by atoms with Crippen molar-refractivity contribution in [3.63, 3.8) is 0 Å². The lowest BCUT2D eigenvalue weighted by Crippen LogP contribution is -2.30. The Hall–Kier alpha value is -0.810. The second-order valence-electron chi connectivity index (χ2n) is 5.37. The maximum atomic E-state index is 8.57. The number of oxime groups is 1. The van der Waals surface area contributed by atoms with Gasteiger partial charge in [0.1, 0.15) is 5.84 Å². The zero-order valence-corrected chi connectivity index (χ0v) is 10.3. The van der Waals surface area contributed by atoms with Crippen LogP contribution in [-0.4, -0.2) is 36.8 Å². The van der Waals surface area contributed by atoms with Gasteiger partial charge >= 0.3 is 0 Å². The van der Waals surface area contributed by atoms with E-state index in [4.69, 9.17) is 15.7 Å². The van der Waals surface area contributed by atoms with Crippen LogP contribution < -0.4 is 11.1 Å². The predicted molar refractivity (Wildman–Crippen MR) is 66.2 cm³/mol. The fourth-order valence-corrected chi connectivity index (χ4v) is 2.50. The minimum absolute atomic E-state index is 0.257. The minimum Gasteiger partial charge on any atom is -0.409 e. The van der Waals surface area contributed by atoms with Gasteiger partial charge in [0.25, 0.3) is 0 Å². The zero-order chi connectivity index (χ0) is 12.1. The molecule has 4 N–H and O–H groups in total. The van der Waals surface area contributed by atoms with E-state index in [1.165, 1.54) is 25.7 Å². The molecule has 5 nitrogen and oxygen atoms in total. The molecule has 5 heteroatoms. The summed E-state index contributed by atoms with van der Waals surface area (Å²) in [7, 11) is 0. The molecule has 2 rings (SSSR count). The third kappa shape index (κ3) is 3.85. The van der Waals surface area contributed by atoms with E-state index in [1.807, 2.05) is 0 Å². The summed E-state index contributed by atoms with van der Waals surface area (Å²) in [6.07, 6.45) is 7.03. The van der Waals surface area contributed by atoms with E-state index in [1.54, 1.807) is 0 Å². The Balaban J connectivity index is 1.58. The molecule has 0 aromatic heterocycles. The van der Waals surface area contributed by atoms with Gasteiger partial charge < -0.3 is 21.0 Å². The van der Waals surface area contributed by atoms with Gasteiger partial charge in [-0.05, 0) is 44.1 Å². The Morgan fingerprint density at radius 1 is 1.53 bits per heavy atom. The molecule has 1 saturated heterocycles. The van der Waals surface area contributed by atoms with Crippen molar-refractivity contribution < 1.29 is 9.94 Å². The normalized spacial score (nSPS) is 27.3. The fourth-order valence-electron chi connectivity index (χ4n) is 2.50. The third-order valence-corrected chi connectivity index (χ3v) is 3.81. The summed E-state index contributed by atoms with van der Waals surface area (Å²) in [6, 6.07) is 0. The summed E-state index contributed by atoms with van der Waals surface area (Å²) in [5.41, 5.74) is 5.81. The van der Waals surface area contributed by atoms with Crippen molar-refractivity contribution in [3.8, 4) is 0 Å². The summed E-state index contributed by atoms with van der Waals surface area (Å²) in [5, 5.41) is 15.1. The lowest BCUT2D eigenvalue weighted by Gasteiger charge is -2.16. The highest BCUT2D eigenvalue weighted by atomic mass is 16.5. The SMILES string of the molecule is NC(CC1(CNCCC2CCCO2)CC1)=NO. The first-order valence-corrected chi connectivity index (χ1v) is 6.53. The number of hydrogen-bond acceptors (Lipinski definition) is 4. The quantitative estimate of drug-likeness (QED) is 0.205. The monoisotopic (exact) mass is 241 g/mol. The zero-order valence-electron chi connectivity index (χ0n) is 10.3. The first-order valence-electron chi connectivity index (χ1n) is 6.53. The van der Waals surface area contributed by atoms with Gasteiger partial charge in [0.15, 0.2) is 0 Å². The number of rotatable bonds is 7. The van der Waals surface area contributed by atoms with Gasteiger partial charge in [-0.1, -0.05) is 5.16 Å². The second kappa shape index (κ2) is 5.69. The molecule has 1 atom stereocenters. The summed E-state index contributed by atoms with van der Waals surface area (Å²) < 4.78 is 5.57. The van der Waals surface area contributed by atoms with Gasteiger partial charge in [-0.2, -0.15) is 0 Å². The Labute approximate surface area is 102 Å². The topological polar surface area (TPSA) is 79.9 Å². The lowest BCUT2D eigenvalue weighted by molar-refractivity contribution is 0.104. The van der Waals surface area contributed by atoms with E-state index in [2.05, 4.69) is 10.5 Å². The maximum Gasteiger partial charge on any atom is 0.139 e. The molecule has 0 radical (unpaired) electrons. The number of hydrogen-bond donors (Lipinski definition) is 3. The highest BCUT2D eigenvalue weighted by molar-refractivity contribution is 5.80. The van der Waals surface area contributed by atoms with Gasteiger partial charge in [-0.15, -0.1) is 0 Å². The fraction of sp³-hybridized carbons (Fsp3) is 0.917. The smallest absolute Gasteiger partial charge is 0.139 e. The number of nitrogens with two attached hydrogens (primary N) is 1. The Kier molecular flexibility index (Phi) is 4.23. The molecular formula is C12H23N3O2. The molecular weight excluding hydrogens is 218 g/mol. The molecule has 1 aliphatic heterocycles. The van der Waals surface area contributed by atoms with Crippen LogP contribution >= 0.6 is 0 Å². The number of amidine groups is 1. The van der Waals surface area contributed by atoms with Crippen molar-refractivity contribution in [1.82, 2.24) is 5.32 Å². The van der Waals surface area contributed by atoms with Crippen LogP contribution in [0.2, 0.25) is 0 Å². The molecule has 1 aliphatic carbocycles. The van der Waals surface area contributed by atoms with Crippen molar-refractivity contribution in [2.24, 2.45) is 16.3 Å². The molecule has 1 saturated carbocycles. The molecule has 2 aliphatic rings. The third-order valence-electron chi connectivity index (χ3n) is 3.81. The number of nitrogens with one attached hydrogen (secondary N) is 1. The van der Waals surface area contributed by atoms with E-state index in [0.717, 1.165) is 26.1 Å². The van der Waals surface area contributed by atoms with Crippen molar-refractivity contribution in [2.45, 2.75) is 44.6 Å². The van der Waals surface area contributed by atoms with Crippen molar-refractivity contribution in [2.75, 3.05) is 19.7 Å². The van der Waals surface area contributed by atoms with Gasteiger partial charge in [-0.3, -0.25) is 0 Å². The van der Waals surface area contributed by atoms with Crippen LogP contribution in [0.25, 0.3) is 0 Å². The number of nitrogens with zero attached hydrogens (tertiary/aromatic N) is 1. The maximum absolute atomic E-state index is 8.57. The molecule has 2 fully saturated rings. The Bertz CT molecular complexity index is 271. The number of ether oxygens (including phenoxy) is 1. The van der Waals surface area contributed by atoms with E-state index in [-0.39, 0.29) is 5.41 Å². The highest BCUT2D eigenvalue weighted by Crippen LogP contribution is 2.48. The van der Waals surface area contributed by atoms with E-state index >= 15 is 0 Å². The van der Waals surface area contributed by atoms with Crippen LogP contribution in [-0.2, 0) is 4.74 Å². The molecule has 0 aromatic carbocycles. The van der Waals surface area contributed by atoms with Crippen molar-refractivity contribution in [3.05, 3.63) is 0 Å². The van der Waals surface area contributed by atoms with E-state index in [0.29, 0.717) is 18.4 Å². The summed E-state index contributed by atoms with van der Waals surface area (Å²) in [6.45, 7) is 2.90. The average molecular weight is 241 g/mol. The van der Waals surface area contributed by atoms with Crippen LogP contribution in [0, 0.1) is 5.41 Å². The molecule has 0 bridgehead atoms. The second-order valence-corrected chi connectivity index (χ2v) is 5.37. The average Bonchev–Trinajstić information content (AvgIpc) is 2.89. The van der Waals surface area contributed by atoms with E-state index in [9.17, 15) is 0 Å². The summed E-state index contributed by atoms with van der Waals surface area (Å²) >= 11 is 0. The minimum atomic E-state index is 0.257. The van der Waals surface area contributed by atoms with Gasteiger partial charge in [-0.25, -0.2) is 0 Å². The van der Waals surface area contributed by atoms with Crippen molar-refractivity contribution in [1.29, 1.82) is 0 Å². The molecule has 1 unspecified atom stereocenters. The van der Waals surface area contributed by atoms with Crippen LogP contribution in [0.15, 0.2) is 5.16 Å². The van der Waals surface area contributed by atoms with Crippen LogP contribution in [0.4, 0.5) is 0 Å². The first-order chi connectivity index (χ1) is 8.24. The lowest BCUT2D eigenvalue weighted by atomic mass is 10.0. The molecule has 1 heterocycles. The Morgan fingerprint density at radius 2 is 2.35 bits per heavy atom. The highest BCUT2D eigenvalue weighted by Gasteiger charge is 2.42. The van der Waals surface area contributed by atoms with Crippen molar-refractivity contribution >= 4 is 5.84 Å². The predicted octanol–water partition coefficient (Wildman–Crippen LogP) is 1.06. The Morgan fingerprint density at radius 3 is 2.94 bits per heavy atom. The van der Waals surface area contributed by atoms with E-state index < -0.39 is 0 Å². The molecule has 0 aromatic rings. The molecule has 0 spiro atoms. The molecule has 98 valence electrons. The van der Waals surface area contributed by atoms with Gasteiger partial charge in [0, 0.05) is 19.6 Å².